The lowest BCUT2D eigenvalue weighted by molar-refractivity contribution is 0.170. The van der Waals surface area contributed by atoms with Crippen LogP contribution in [0.25, 0.3) is 0 Å². The number of benzene rings is 1. The molecular weight excluding hydrogens is 330 g/mol. The summed E-state index contributed by atoms with van der Waals surface area (Å²) in [6.07, 6.45) is 2.89. The number of sulfone groups is 1. The fraction of sp³-hybridized carbons (Fsp3) is 0.385. The molecule has 0 bridgehead atoms. The molecule has 1 aromatic rings. The molecule has 0 saturated carbocycles. The van der Waals surface area contributed by atoms with Crippen LogP contribution in [0, 0.1) is 0 Å². The first-order chi connectivity index (χ1) is 8.88. The summed E-state index contributed by atoms with van der Waals surface area (Å²) in [5.41, 5.74) is 0.659. The van der Waals surface area contributed by atoms with Crippen molar-refractivity contribution in [3.63, 3.8) is 0 Å². The second-order valence-electron chi connectivity index (χ2n) is 4.14. The van der Waals surface area contributed by atoms with Gasteiger partial charge in [0.15, 0.2) is 9.84 Å². The number of anilines is 1. The Kier molecular flexibility index (Phi) is 6.03. The minimum Gasteiger partial charge on any atom is -0.376 e. The van der Waals surface area contributed by atoms with E-state index in [0.29, 0.717) is 30.3 Å². The SMILES string of the molecule is C=CCOCCN(C)c1c(Br)cccc1S(C)(=O)=O. The van der Waals surface area contributed by atoms with Crippen LogP contribution in [0.4, 0.5) is 5.69 Å². The van der Waals surface area contributed by atoms with Crippen molar-refractivity contribution in [1.29, 1.82) is 0 Å². The van der Waals surface area contributed by atoms with Crippen molar-refractivity contribution in [1.82, 2.24) is 0 Å². The summed E-state index contributed by atoms with van der Waals surface area (Å²) in [7, 11) is -1.43. The lowest BCUT2D eigenvalue weighted by Crippen LogP contribution is -2.24. The van der Waals surface area contributed by atoms with Crippen LogP contribution < -0.4 is 4.90 Å². The number of halogens is 1. The summed E-state index contributed by atoms with van der Waals surface area (Å²) in [6.45, 7) is 5.16. The van der Waals surface area contributed by atoms with E-state index in [1.807, 2.05) is 18.0 Å². The average molecular weight is 348 g/mol. The molecule has 0 atom stereocenters. The molecule has 0 saturated heterocycles. The first-order valence-corrected chi connectivity index (χ1v) is 8.44. The molecule has 0 aromatic heterocycles. The maximum Gasteiger partial charge on any atom is 0.177 e. The van der Waals surface area contributed by atoms with Crippen molar-refractivity contribution in [3.05, 3.63) is 35.3 Å². The number of nitrogens with zero attached hydrogens (tertiary/aromatic N) is 1. The van der Waals surface area contributed by atoms with E-state index in [-0.39, 0.29) is 0 Å². The van der Waals surface area contributed by atoms with Gasteiger partial charge in [0.05, 0.1) is 23.8 Å². The van der Waals surface area contributed by atoms with Gasteiger partial charge in [-0.05, 0) is 28.1 Å². The number of rotatable bonds is 7. The van der Waals surface area contributed by atoms with E-state index in [0.717, 1.165) is 4.47 Å². The molecule has 0 spiro atoms. The van der Waals surface area contributed by atoms with Crippen LogP contribution in [0.3, 0.4) is 0 Å². The first-order valence-electron chi connectivity index (χ1n) is 5.76. The Hall–Kier alpha value is -0.850. The molecule has 106 valence electrons. The summed E-state index contributed by atoms with van der Waals surface area (Å²) in [6, 6.07) is 5.15. The molecule has 0 radical (unpaired) electrons. The van der Waals surface area contributed by atoms with Crippen molar-refractivity contribution in [2.24, 2.45) is 0 Å². The summed E-state index contributed by atoms with van der Waals surface area (Å²) < 4.78 is 29.7. The minimum atomic E-state index is -3.26. The fourth-order valence-corrected chi connectivity index (χ4v) is 3.39. The third-order valence-electron chi connectivity index (χ3n) is 2.54. The Balaban J connectivity index is 2.95. The fourth-order valence-electron chi connectivity index (χ4n) is 1.65. The molecule has 0 N–H and O–H groups in total. The molecule has 19 heavy (non-hydrogen) atoms. The molecule has 0 aliphatic rings. The van der Waals surface area contributed by atoms with Crippen molar-refractivity contribution < 1.29 is 13.2 Å². The van der Waals surface area contributed by atoms with E-state index in [4.69, 9.17) is 4.74 Å². The summed E-state index contributed by atoms with van der Waals surface area (Å²) in [5, 5.41) is 0. The smallest absolute Gasteiger partial charge is 0.177 e. The minimum absolute atomic E-state index is 0.313. The van der Waals surface area contributed by atoms with Gasteiger partial charge in [0.25, 0.3) is 0 Å². The number of para-hydroxylation sites is 1. The molecule has 4 nitrogen and oxygen atoms in total. The maximum absolute atomic E-state index is 11.8. The van der Waals surface area contributed by atoms with E-state index in [1.54, 1.807) is 18.2 Å². The number of hydrogen-bond acceptors (Lipinski definition) is 4. The third-order valence-corrected chi connectivity index (χ3v) is 4.31. The molecular formula is C13H18BrNO3S. The molecule has 1 rings (SSSR count). The lowest BCUT2D eigenvalue weighted by atomic mass is 10.3. The van der Waals surface area contributed by atoms with Crippen molar-refractivity contribution >= 4 is 31.5 Å². The van der Waals surface area contributed by atoms with E-state index >= 15 is 0 Å². The van der Waals surface area contributed by atoms with Gasteiger partial charge in [0.1, 0.15) is 0 Å². The van der Waals surface area contributed by atoms with Crippen molar-refractivity contribution in [2.45, 2.75) is 4.90 Å². The first kappa shape index (κ1) is 16.2. The molecule has 0 aliphatic carbocycles. The van der Waals surface area contributed by atoms with E-state index in [9.17, 15) is 8.42 Å². The third kappa shape index (κ3) is 4.63. The highest BCUT2D eigenvalue weighted by atomic mass is 79.9. The Morgan fingerprint density at radius 2 is 2.16 bits per heavy atom. The van der Waals surface area contributed by atoms with Gasteiger partial charge in [-0.2, -0.15) is 0 Å². The van der Waals surface area contributed by atoms with E-state index in [2.05, 4.69) is 22.5 Å². The molecule has 6 heteroatoms. The van der Waals surface area contributed by atoms with Crippen LogP contribution in [0.1, 0.15) is 0 Å². The monoisotopic (exact) mass is 347 g/mol. The highest BCUT2D eigenvalue weighted by Gasteiger charge is 2.18. The predicted molar refractivity (Wildman–Crippen MR) is 81.5 cm³/mol. The summed E-state index contributed by atoms with van der Waals surface area (Å²) in [4.78, 5) is 2.18. The van der Waals surface area contributed by atoms with Gasteiger partial charge in [0, 0.05) is 24.3 Å². The molecule has 0 heterocycles. The molecule has 0 unspecified atom stereocenters. The highest BCUT2D eigenvalue weighted by molar-refractivity contribution is 9.10. The van der Waals surface area contributed by atoms with Crippen LogP contribution in [-0.2, 0) is 14.6 Å². The van der Waals surface area contributed by atoms with Gasteiger partial charge in [0.2, 0.25) is 0 Å². The maximum atomic E-state index is 11.8. The van der Waals surface area contributed by atoms with Gasteiger partial charge in [-0.1, -0.05) is 12.1 Å². The molecule has 1 aromatic carbocycles. The molecule has 0 aliphatic heterocycles. The van der Waals surface area contributed by atoms with Gasteiger partial charge in [-0.3, -0.25) is 0 Å². The standard InChI is InChI=1S/C13H18BrNO3S/c1-4-9-18-10-8-15(2)13-11(14)6-5-7-12(13)19(3,16)17/h4-7H,1,8-10H2,2-3H3. The average Bonchev–Trinajstić information content (AvgIpc) is 2.33. The van der Waals surface area contributed by atoms with Gasteiger partial charge in [-0.15, -0.1) is 6.58 Å². The topological polar surface area (TPSA) is 46.6 Å². The molecule has 0 fully saturated rings. The van der Waals surface area contributed by atoms with Crippen LogP contribution in [0.15, 0.2) is 40.2 Å². The highest BCUT2D eigenvalue weighted by Crippen LogP contribution is 2.32. The zero-order valence-electron chi connectivity index (χ0n) is 11.1. The Labute approximate surface area is 123 Å². The number of ether oxygens (including phenoxy) is 1. The van der Waals surface area contributed by atoms with Crippen LogP contribution in [0.5, 0.6) is 0 Å². The second-order valence-corrected chi connectivity index (χ2v) is 6.98. The number of likely N-dealkylation sites (N-methyl/N-ethyl adjacent to an activating group) is 1. The van der Waals surface area contributed by atoms with Crippen LogP contribution >= 0.6 is 15.9 Å². The predicted octanol–water partition coefficient (Wildman–Crippen LogP) is 2.49. The summed E-state index contributed by atoms with van der Waals surface area (Å²) in [5.74, 6) is 0. The van der Waals surface area contributed by atoms with E-state index < -0.39 is 9.84 Å². The Morgan fingerprint density at radius 1 is 1.47 bits per heavy atom. The number of hydrogen-bond donors (Lipinski definition) is 0. The van der Waals surface area contributed by atoms with Crippen molar-refractivity contribution in [3.8, 4) is 0 Å². The largest absolute Gasteiger partial charge is 0.376 e. The lowest BCUT2D eigenvalue weighted by Gasteiger charge is -2.23. The van der Waals surface area contributed by atoms with Crippen LogP contribution in [-0.4, -0.2) is 41.5 Å². The van der Waals surface area contributed by atoms with Crippen molar-refractivity contribution in [2.75, 3.05) is 38.0 Å². The quantitative estimate of drug-likeness (QED) is 0.561. The van der Waals surface area contributed by atoms with Gasteiger partial charge >= 0.3 is 0 Å². The summed E-state index contributed by atoms with van der Waals surface area (Å²) >= 11 is 3.40. The molecule has 0 amide bonds. The van der Waals surface area contributed by atoms with Gasteiger partial charge in [-0.25, -0.2) is 8.42 Å². The Morgan fingerprint density at radius 3 is 2.74 bits per heavy atom. The van der Waals surface area contributed by atoms with Crippen LogP contribution in [0.2, 0.25) is 0 Å². The zero-order valence-corrected chi connectivity index (χ0v) is 13.5. The second kappa shape index (κ2) is 7.07. The Bertz CT molecular complexity index is 543. The zero-order chi connectivity index (χ0) is 14.5. The van der Waals surface area contributed by atoms with E-state index in [1.165, 1.54) is 6.26 Å². The normalized spacial score (nSPS) is 11.3. The van der Waals surface area contributed by atoms with Gasteiger partial charge < -0.3 is 9.64 Å².